The lowest BCUT2D eigenvalue weighted by Crippen LogP contribution is -1.89. The average Bonchev–Trinajstić information content (AvgIpc) is 2.17. The van der Waals surface area contributed by atoms with Gasteiger partial charge in [0.2, 0.25) is 0 Å². The van der Waals surface area contributed by atoms with E-state index in [4.69, 9.17) is 15.8 Å². The Morgan fingerprint density at radius 2 is 1.31 bits per heavy atom. The van der Waals surface area contributed by atoms with Gasteiger partial charge in [0.1, 0.15) is 12.1 Å². The number of nitrogens with zero attached hydrogens (tertiary/aromatic N) is 3. The molecule has 3 heteroatoms. The molecule has 0 saturated heterocycles. The molecule has 0 atom stereocenters. The number of hydrogen-bond acceptors (Lipinski definition) is 3. The molecule has 0 bridgehead atoms. The highest BCUT2D eigenvalue weighted by molar-refractivity contribution is 5.53. The summed E-state index contributed by atoms with van der Waals surface area (Å²) < 4.78 is 0. The number of aryl methyl sites for hydroxylation is 1. The highest BCUT2D eigenvalue weighted by atomic mass is 14.3. The molecule has 0 saturated carbocycles. The molecule has 1 aromatic carbocycles. The highest BCUT2D eigenvalue weighted by Gasteiger charge is 2.05. The first-order valence-electron chi connectivity index (χ1n) is 3.58. The monoisotopic (exact) mass is 167 g/mol. The van der Waals surface area contributed by atoms with E-state index < -0.39 is 0 Å². The fourth-order valence-electron chi connectivity index (χ4n) is 1.01. The normalized spacial score (nSPS) is 8.15. The van der Waals surface area contributed by atoms with Crippen molar-refractivity contribution in [2.24, 2.45) is 0 Å². The van der Waals surface area contributed by atoms with Crippen LogP contribution in [-0.2, 0) is 0 Å². The minimum Gasteiger partial charge on any atom is -0.192 e. The Kier molecular flexibility index (Phi) is 2.29. The van der Waals surface area contributed by atoms with Crippen LogP contribution in [0.5, 0.6) is 0 Å². The zero-order valence-electron chi connectivity index (χ0n) is 7.00. The van der Waals surface area contributed by atoms with E-state index in [1.807, 2.05) is 18.2 Å². The van der Waals surface area contributed by atoms with Crippen molar-refractivity contribution in [1.29, 1.82) is 15.8 Å². The van der Waals surface area contributed by atoms with Crippen molar-refractivity contribution < 1.29 is 0 Å². The second-order valence-corrected chi connectivity index (χ2v) is 2.55. The van der Waals surface area contributed by atoms with Gasteiger partial charge in [0, 0.05) is 0 Å². The number of rotatable bonds is 0. The van der Waals surface area contributed by atoms with Crippen molar-refractivity contribution in [1.82, 2.24) is 0 Å². The number of benzene rings is 1. The maximum Gasteiger partial charge on any atom is 0.101 e. The molecule has 0 aliphatic carbocycles. The van der Waals surface area contributed by atoms with Gasteiger partial charge in [-0.05, 0) is 24.6 Å². The minimum atomic E-state index is 0.254. The molecule has 13 heavy (non-hydrogen) atoms. The van der Waals surface area contributed by atoms with Gasteiger partial charge in [0.05, 0.1) is 22.8 Å². The third kappa shape index (κ3) is 1.48. The van der Waals surface area contributed by atoms with Crippen LogP contribution in [0.4, 0.5) is 0 Å². The first-order valence-corrected chi connectivity index (χ1v) is 3.58. The van der Waals surface area contributed by atoms with E-state index in [1.165, 1.54) is 6.07 Å². The summed E-state index contributed by atoms with van der Waals surface area (Å²) in [6, 6.07) is 8.73. The molecule has 0 aliphatic rings. The zero-order chi connectivity index (χ0) is 9.84. The van der Waals surface area contributed by atoms with Crippen LogP contribution in [0.3, 0.4) is 0 Å². The zero-order valence-corrected chi connectivity index (χ0v) is 7.00. The molecular formula is C10H5N3. The van der Waals surface area contributed by atoms with Crippen molar-refractivity contribution in [3.8, 4) is 18.2 Å². The third-order valence-corrected chi connectivity index (χ3v) is 1.73. The lowest BCUT2D eigenvalue weighted by molar-refractivity contribution is 1.34. The lowest BCUT2D eigenvalue weighted by atomic mass is 10.0. The van der Waals surface area contributed by atoms with Gasteiger partial charge in [-0.15, -0.1) is 0 Å². The van der Waals surface area contributed by atoms with Gasteiger partial charge in [-0.25, -0.2) is 0 Å². The molecule has 0 fully saturated rings. The van der Waals surface area contributed by atoms with Gasteiger partial charge in [-0.1, -0.05) is 0 Å². The predicted molar refractivity (Wildman–Crippen MR) is 45.3 cm³/mol. The molecule has 60 valence electrons. The van der Waals surface area contributed by atoms with Crippen molar-refractivity contribution in [3.63, 3.8) is 0 Å². The summed E-state index contributed by atoms with van der Waals surface area (Å²) in [5, 5.41) is 26.0. The second-order valence-electron chi connectivity index (χ2n) is 2.55. The molecule has 0 aliphatic heterocycles. The van der Waals surface area contributed by atoms with Crippen LogP contribution < -0.4 is 0 Å². The molecule has 0 heterocycles. The topological polar surface area (TPSA) is 71.4 Å². The summed E-state index contributed by atoms with van der Waals surface area (Å²) in [4.78, 5) is 0. The number of hydrogen-bond donors (Lipinski definition) is 0. The Labute approximate surface area is 76.1 Å². The van der Waals surface area contributed by atoms with E-state index in [-0.39, 0.29) is 5.56 Å². The Balaban J connectivity index is 3.51. The Morgan fingerprint density at radius 1 is 0.846 bits per heavy atom. The van der Waals surface area contributed by atoms with E-state index >= 15 is 0 Å². The van der Waals surface area contributed by atoms with E-state index in [9.17, 15) is 0 Å². The van der Waals surface area contributed by atoms with Crippen molar-refractivity contribution >= 4 is 0 Å². The molecular weight excluding hydrogens is 162 g/mol. The molecule has 0 amide bonds. The molecule has 0 radical (unpaired) electrons. The summed E-state index contributed by atoms with van der Waals surface area (Å²) in [5.41, 5.74) is 1.73. The van der Waals surface area contributed by atoms with Crippen LogP contribution in [0.25, 0.3) is 0 Å². The largest absolute Gasteiger partial charge is 0.192 e. The fraction of sp³-hybridized carbons (Fsp3) is 0.100. The summed E-state index contributed by atoms with van der Waals surface area (Å²) >= 11 is 0. The van der Waals surface area contributed by atoms with Crippen molar-refractivity contribution in [2.45, 2.75) is 6.92 Å². The van der Waals surface area contributed by atoms with E-state index in [0.717, 1.165) is 5.56 Å². The first-order chi connectivity index (χ1) is 6.22. The standard InChI is InChI=1S/C10H5N3/c1-7-2-9(5-12)10(6-13)3-8(7)4-11/h2-3H,1H3. The van der Waals surface area contributed by atoms with Crippen LogP contribution >= 0.6 is 0 Å². The Bertz CT molecular complexity index is 467. The van der Waals surface area contributed by atoms with Crippen LogP contribution in [0.15, 0.2) is 12.1 Å². The maximum atomic E-state index is 8.66. The molecule has 0 N–H and O–H groups in total. The average molecular weight is 167 g/mol. The van der Waals surface area contributed by atoms with Crippen LogP contribution in [0.1, 0.15) is 22.3 Å². The van der Waals surface area contributed by atoms with Crippen LogP contribution in [0.2, 0.25) is 0 Å². The van der Waals surface area contributed by atoms with Gasteiger partial charge < -0.3 is 0 Å². The molecule has 1 rings (SSSR count). The predicted octanol–water partition coefficient (Wildman–Crippen LogP) is 1.61. The summed E-state index contributed by atoms with van der Waals surface area (Å²) in [6.07, 6.45) is 0. The smallest absolute Gasteiger partial charge is 0.101 e. The quantitative estimate of drug-likeness (QED) is 0.589. The van der Waals surface area contributed by atoms with Gasteiger partial charge in [-0.2, -0.15) is 15.8 Å². The molecule has 0 unspecified atom stereocenters. The Hall–Kier alpha value is -2.31. The summed E-state index contributed by atoms with van der Waals surface area (Å²) in [6.45, 7) is 1.74. The van der Waals surface area contributed by atoms with Crippen molar-refractivity contribution in [3.05, 3.63) is 34.4 Å². The maximum absolute atomic E-state index is 8.66. The van der Waals surface area contributed by atoms with Gasteiger partial charge in [0.15, 0.2) is 0 Å². The van der Waals surface area contributed by atoms with Crippen LogP contribution in [-0.4, -0.2) is 0 Å². The highest BCUT2D eigenvalue weighted by Crippen LogP contribution is 2.14. The summed E-state index contributed by atoms with van der Waals surface area (Å²) in [7, 11) is 0. The molecule has 1 aromatic rings. The fourth-order valence-corrected chi connectivity index (χ4v) is 1.01. The number of nitriles is 3. The third-order valence-electron chi connectivity index (χ3n) is 1.73. The van der Waals surface area contributed by atoms with Crippen LogP contribution in [0, 0.1) is 40.9 Å². The first kappa shape index (κ1) is 8.78. The van der Waals surface area contributed by atoms with E-state index in [0.29, 0.717) is 11.1 Å². The Morgan fingerprint density at radius 3 is 1.77 bits per heavy atom. The van der Waals surface area contributed by atoms with E-state index in [2.05, 4.69) is 0 Å². The van der Waals surface area contributed by atoms with E-state index in [1.54, 1.807) is 13.0 Å². The van der Waals surface area contributed by atoms with Crippen molar-refractivity contribution in [2.75, 3.05) is 0 Å². The minimum absolute atomic E-state index is 0.254. The van der Waals surface area contributed by atoms with Gasteiger partial charge in [-0.3, -0.25) is 0 Å². The summed E-state index contributed by atoms with van der Waals surface area (Å²) in [5.74, 6) is 0. The second kappa shape index (κ2) is 3.39. The lowest BCUT2D eigenvalue weighted by Gasteiger charge is -1.98. The molecule has 3 nitrogen and oxygen atoms in total. The molecule has 0 aromatic heterocycles. The SMILES string of the molecule is Cc1cc(C#N)c(C#N)cc1C#N. The van der Waals surface area contributed by atoms with Gasteiger partial charge >= 0.3 is 0 Å². The van der Waals surface area contributed by atoms with Gasteiger partial charge in [0.25, 0.3) is 0 Å². The molecule has 0 spiro atoms.